The number of benzene rings is 2. The van der Waals surface area contributed by atoms with Crippen LogP contribution in [-0.2, 0) is 6.61 Å². The van der Waals surface area contributed by atoms with Gasteiger partial charge in [0, 0.05) is 10.6 Å². The minimum atomic E-state index is 0.458. The molecule has 2 aromatic carbocycles. The van der Waals surface area contributed by atoms with E-state index in [1.54, 1.807) is 24.3 Å². The molecular weight excluding hydrogens is 236 g/mol. The molecule has 0 unspecified atom stereocenters. The largest absolute Gasteiger partial charge is 0.489 e. The number of hydrogen-bond donors (Lipinski definition) is 0. The summed E-state index contributed by atoms with van der Waals surface area (Å²) >= 11 is 5.85. The van der Waals surface area contributed by atoms with E-state index in [0.717, 1.165) is 17.6 Å². The summed E-state index contributed by atoms with van der Waals surface area (Å²) in [6, 6.07) is 14.5. The van der Waals surface area contributed by atoms with E-state index in [1.165, 1.54) is 0 Å². The van der Waals surface area contributed by atoms with E-state index in [1.807, 2.05) is 24.3 Å². The van der Waals surface area contributed by atoms with Gasteiger partial charge in [-0.15, -0.1) is 0 Å². The molecule has 0 aliphatic rings. The van der Waals surface area contributed by atoms with E-state index >= 15 is 0 Å². The maximum Gasteiger partial charge on any atom is 0.150 e. The maximum absolute atomic E-state index is 10.5. The summed E-state index contributed by atoms with van der Waals surface area (Å²) in [5.41, 5.74) is 1.67. The summed E-state index contributed by atoms with van der Waals surface area (Å²) < 4.78 is 5.57. The molecule has 0 spiro atoms. The van der Waals surface area contributed by atoms with Crippen LogP contribution in [0.3, 0.4) is 0 Å². The van der Waals surface area contributed by atoms with Crippen molar-refractivity contribution in [2.45, 2.75) is 6.61 Å². The highest BCUT2D eigenvalue weighted by Gasteiger charge is 1.97. The number of halogens is 1. The summed E-state index contributed by atoms with van der Waals surface area (Å²) in [4.78, 5) is 10.5. The van der Waals surface area contributed by atoms with Crippen LogP contribution in [0.15, 0.2) is 48.5 Å². The second-order valence-corrected chi connectivity index (χ2v) is 4.04. The fourth-order valence-electron chi connectivity index (χ4n) is 1.42. The average Bonchev–Trinajstić information content (AvgIpc) is 2.37. The summed E-state index contributed by atoms with van der Waals surface area (Å²) in [6.07, 6.45) is 0.821. The molecule has 0 atom stereocenters. The Bertz CT molecular complexity index is 506. The van der Waals surface area contributed by atoms with Crippen molar-refractivity contribution in [1.29, 1.82) is 0 Å². The summed E-state index contributed by atoms with van der Waals surface area (Å²) in [5, 5.41) is 0.652. The zero-order chi connectivity index (χ0) is 12.1. The standard InChI is InChI=1S/C14H11ClO2/c15-13-2-1-3-14(8-13)17-10-12-6-4-11(9-16)5-7-12/h1-9H,10H2. The first-order valence-corrected chi connectivity index (χ1v) is 5.58. The van der Waals surface area contributed by atoms with E-state index in [9.17, 15) is 4.79 Å². The van der Waals surface area contributed by atoms with Gasteiger partial charge in [0.2, 0.25) is 0 Å². The number of carbonyl (C=O) groups excluding carboxylic acids is 1. The second-order valence-electron chi connectivity index (χ2n) is 3.61. The van der Waals surface area contributed by atoms with Crippen molar-refractivity contribution in [3.63, 3.8) is 0 Å². The highest BCUT2D eigenvalue weighted by atomic mass is 35.5. The van der Waals surface area contributed by atoms with Crippen LogP contribution in [-0.4, -0.2) is 6.29 Å². The van der Waals surface area contributed by atoms with Crippen LogP contribution in [0, 0.1) is 0 Å². The van der Waals surface area contributed by atoms with E-state index in [2.05, 4.69) is 0 Å². The van der Waals surface area contributed by atoms with E-state index in [4.69, 9.17) is 16.3 Å². The molecule has 2 aromatic rings. The predicted molar refractivity (Wildman–Crippen MR) is 67.6 cm³/mol. The zero-order valence-corrected chi connectivity index (χ0v) is 9.85. The van der Waals surface area contributed by atoms with Gasteiger partial charge >= 0.3 is 0 Å². The van der Waals surface area contributed by atoms with Gasteiger partial charge in [-0.3, -0.25) is 4.79 Å². The fraction of sp³-hybridized carbons (Fsp3) is 0.0714. The number of rotatable bonds is 4. The Morgan fingerprint density at radius 2 is 1.88 bits per heavy atom. The molecule has 0 radical (unpaired) electrons. The predicted octanol–water partition coefficient (Wildman–Crippen LogP) is 3.73. The molecule has 0 amide bonds. The highest BCUT2D eigenvalue weighted by Crippen LogP contribution is 2.18. The minimum Gasteiger partial charge on any atom is -0.489 e. The molecule has 0 aliphatic carbocycles. The Balaban J connectivity index is 1.99. The highest BCUT2D eigenvalue weighted by molar-refractivity contribution is 6.30. The summed E-state index contributed by atoms with van der Waals surface area (Å²) in [6.45, 7) is 0.458. The Morgan fingerprint density at radius 3 is 2.53 bits per heavy atom. The van der Waals surface area contributed by atoms with Gasteiger partial charge in [0.05, 0.1) is 0 Å². The van der Waals surface area contributed by atoms with E-state index in [-0.39, 0.29) is 0 Å². The van der Waals surface area contributed by atoms with Crippen LogP contribution in [0.1, 0.15) is 15.9 Å². The van der Waals surface area contributed by atoms with Crippen molar-refractivity contribution in [1.82, 2.24) is 0 Å². The van der Waals surface area contributed by atoms with E-state index in [0.29, 0.717) is 17.2 Å². The van der Waals surface area contributed by atoms with Crippen molar-refractivity contribution in [3.05, 3.63) is 64.7 Å². The first kappa shape index (κ1) is 11.7. The Kier molecular flexibility index (Phi) is 3.78. The third-order valence-electron chi connectivity index (χ3n) is 2.32. The van der Waals surface area contributed by atoms with Crippen molar-refractivity contribution in [2.75, 3.05) is 0 Å². The third-order valence-corrected chi connectivity index (χ3v) is 2.55. The van der Waals surface area contributed by atoms with Gasteiger partial charge in [0.15, 0.2) is 0 Å². The van der Waals surface area contributed by atoms with Gasteiger partial charge in [-0.05, 0) is 23.8 Å². The molecule has 2 nitrogen and oxygen atoms in total. The van der Waals surface area contributed by atoms with Crippen LogP contribution in [0.25, 0.3) is 0 Å². The average molecular weight is 247 g/mol. The molecule has 0 N–H and O–H groups in total. The van der Waals surface area contributed by atoms with Gasteiger partial charge in [-0.25, -0.2) is 0 Å². The minimum absolute atomic E-state index is 0.458. The zero-order valence-electron chi connectivity index (χ0n) is 9.10. The van der Waals surface area contributed by atoms with E-state index < -0.39 is 0 Å². The smallest absolute Gasteiger partial charge is 0.150 e. The lowest BCUT2D eigenvalue weighted by molar-refractivity contribution is 0.112. The van der Waals surface area contributed by atoms with Crippen molar-refractivity contribution < 1.29 is 9.53 Å². The Labute approximate surface area is 105 Å². The topological polar surface area (TPSA) is 26.3 Å². The van der Waals surface area contributed by atoms with Crippen molar-refractivity contribution >= 4 is 17.9 Å². The van der Waals surface area contributed by atoms with Crippen molar-refractivity contribution in [2.24, 2.45) is 0 Å². The molecule has 86 valence electrons. The SMILES string of the molecule is O=Cc1ccc(COc2cccc(Cl)c2)cc1. The third kappa shape index (κ3) is 3.33. The molecule has 17 heavy (non-hydrogen) atoms. The lowest BCUT2D eigenvalue weighted by Gasteiger charge is -2.06. The Hall–Kier alpha value is -1.80. The molecule has 0 saturated heterocycles. The molecule has 2 rings (SSSR count). The molecule has 0 saturated carbocycles. The molecule has 0 aromatic heterocycles. The number of ether oxygens (including phenoxy) is 1. The maximum atomic E-state index is 10.5. The lowest BCUT2D eigenvalue weighted by Crippen LogP contribution is -1.95. The molecule has 0 heterocycles. The number of carbonyl (C=O) groups is 1. The monoisotopic (exact) mass is 246 g/mol. The first-order valence-electron chi connectivity index (χ1n) is 5.20. The molecular formula is C14H11ClO2. The van der Waals surface area contributed by atoms with Gasteiger partial charge in [0.1, 0.15) is 18.6 Å². The molecule has 0 aliphatic heterocycles. The molecule has 3 heteroatoms. The first-order chi connectivity index (χ1) is 8.28. The van der Waals surface area contributed by atoms with Crippen LogP contribution >= 0.6 is 11.6 Å². The molecule has 0 fully saturated rings. The molecule has 0 bridgehead atoms. The van der Waals surface area contributed by atoms with Crippen LogP contribution in [0.2, 0.25) is 5.02 Å². The normalized spacial score (nSPS) is 9.94. The summed E-state index contributed by atoms with van der Waals surface area (Å²) in [5.74, 6) is 0.733. The van der Waals surface area contributed by atoms with Gasteiger partial charge < -0.3 is 4.74 Å². The van der Waals surface area contributed by atoms with Crippen molar-refractivity contribution in [3.8, 4) is 5.75 Å². The van der Waals surface area contributed by atoms with Crippen LogP contribution < -0.4 is 4.74 Å². The van der Waals surface area contributed by atoms with Gasteiger partial charge in [-0.1, -0.05) is 41.9 Å². The van der Waals surface area contributed by atoms with Crippen LogP contribution in [0.5, 0.6) is 5.75 Å². The number of hydrogen-bond acceptors (Lipinski definition) is 2. The quantitative estimate of drug-likeness (QED) is 0.769. The number of aldehydes is 1. The summed E-state index contributed by atoms with van der Waals surface area (Å²) in [7, 11) is 0. The second kappa shape index (κ2) is 5.51. The fourth-order valence-corrected chi connectivity index (χ4v) is 1.60. The Morgan fingerprint density at radius 1 is 1.12 bits per heavy atom. The van der Waals surface area contributed by atoms with Gasteiger partial charge in [0.25, 0.3) is 0 Å². The lowest BCUT2D eigenvalue weighted by atomic mass is 10.2. The van der Waals surface area contributed by atoms with Gasteiger partial charge in [-0.2, -0.15) is 0 Å². The van der Waals surface area contributed by atoms with Crippen LogP contribution in [0.4, 0.5) is 0 Å².